The van der Waals surface area contributed by atoms with Gasteiger partial charge in [-0.15, -0.1) is 0 Å². The van der Waals surface area contributed by atoms with E-state index in [0.29, 0.717) is 18.4 Å². The first-order chi connectivity index (χ1) is 24.8. The number of carbonyl (C=O) groups excluding carboxylic acids is 4. The Hall–Kier alpha value is -4.24. The number of sulfonamides is 1. The van der Waals surface area contributed by atoms with E-state index in [-0.39, 0.29) is 23.0 Å². The van der Waals surface area contributed by atoms with Crippen molar-refractivity contribution in [2.75, 3.05) is 14.1 Å². The average molecular weight is 778 g/mol. The third-order valence-corrected chi connectivity index (χ3v) is 11.1. The first-order valence-corrected chi connectivity index (χ1v) is 19.4. The molecule has 0 unspecified atom stereocenters. The molecular weight excluding hydrogens is 724 g/mol. The van der Waals surface area contributed by atoms with Gasteiger partial charge in [0.1, 0.15) is 6.04 Å². The van der Waals surface area contributed by atoms with E-state index < -0.39 is 74.2 Å². The molecule has 1 saturated carbocycles. The van der Waals surface area contributed by atoms with Gasteiger partial charge in [-0.25, -0.2) is 13.1 Å². The Labute approximate surface area is 317 Å². The highest BCUT2D eigenvalue weighted by atomic mass is 32.2. The van der Waals surface area contributed by atoms with E-state index in [1.165, 1.54) is 42.2 Å². The third-order valence-electron chi connectivity index (χ3n) is 9.92. The first-order valence-electron chi connectivity index (χ1n) is 17.8. The Kier molecular flexibility index (Phi) is 13.6. The predicted octanol–water partition coefficient (Wildman–Crippen LogP) is 4.83. The Morgan fingerprint density at radius 2 is 1.46 bits per heavy atom. The van der Waals surface area contributed by atoms with Crippen LogP contribution in [-0.2, 0) is 45.9 Å². The smallest absolute Gasteiger partial charge is 0.342 e. The molecule has 2 aromatic rings. The monoisotopic (exact) mass is 777 g/mol. The van der Waals surface area contributed by atoms with E-state index in [1.54, 1.807) is 14.1 Å². The van der Waals surface area contributed by atoms with Crippen molar-refractivity contribution in [1.82, 2.24) is 25.6 Å². The fraction of sp³-hybridized carbons (Fsp3) is 0.538. The fourth-order valence-electron chi connectivity index (χ4n) is 6.46. The van der Waals surface area contributed by atoms with Crippen molar-refractivity contribution in [3.8, 4) is 0 Å². The molecule has 0 radical (unpaired) electrons. The number of halogens is 3. The molecule has 54 heavy (non-hydrogen) atoms. The van der Waals surface area contributed by atoms with Crippen molar-refractivity contribution in [2.24, 2.45) is 11.3 Å². The number of hydrogen-bond acceptors (Lipinski definition) is 7. The zero-order chi connectivity index (χ0) is 41.0. The number of likely N-dealkylation sites (N-methyl/N-ethyl adjacent to an activating group) is 2. The second-order valence-electron chi connectivity index (χ2n) is 16.1. The molecule has 0 bridgehead atoms. The molecule has 1 fully saturated rings. The standard InChI is InChI=1S/C39H54F3N5O6S/c1-24(2)29(47(10)34(50)31(36(4,5)6)44-33(49)30(43-9)37(7,8)27-14-12-11-13-15-27)22-25(3)32(48)46-54(52,53)23-26-16-18-28(19-17-26)38(20-21-38)45-35(51)39(40,41)42/h11-19,22,24,29-31,43H,20-21,23H2,1-10H3,(H,44,49)(H,45,51)(H,46,48)/t29-,30-,31-/m1/s1. The van der Waals surface area contributed by atoms with Crippen molar-refractivity contribution >= 4 is 33.7 Å². The van der Waals surface area contributed by atoms with Crippen LogP contribution in [-0.4, -0.2) is 75.3 Å². The summed E-state index contributed by atoms with van der Waals surface area (Å²) in [5.41, 5.74) is -0.840. The van der Waals surface area contributed by atoms with E-state index in [0.717, 1.165) is 5.56 Å². The first kappa shape index (κ1) is 44.2. The van der Waals surface area contributed by atoms with Crippen molar-refractivity contribution in [3.05, 3.63) is 82.9 Å². The van der Waals surface area contributed by atoms with E-state index in [9.17, 15) is 40.8 Å². The largest absolute Gasteiger partial charge is 0.471 e. The van der Waals surface area contributed by atoms with E-state index >= 15 is 0 Å². The Morgan fingerprint density at radius 1 is 0.907 bits per heavy atom. The van der Waals surface area contributed by atoms with Crippen LogP contribution in [0, 0.1) is 11.3 Å². The van der Waals surface area contributed by atoms with Crippen LogP contribution in [0.25, 0.3) is 0 Å². The molecule has 3 atom stereocenters. The van der Waals surface area contributed by atoms with E-state index in [4.69, 9.17) is 0 Å². The topological polar surface area (TPSA) is 154 Å². The lowest BCUT2D eigenvalue weighted by Gasteiger charge is -2.40. The molecule has 0 spiro atoms. The van der Waals surface area contributed by atoms with Crippen molar-refractivity contribution < 1.29 is 40.8 Å². The Bertz CT molecular complexity index is 1820. The molecule has 298 valence electrons. The summed E-state index contributed by atoms with van der Waals surface area (Å²) in [5, 5.41) is 8.11. The van der Waals surface area contributed by atoms with Crippen LogP contribution in [0.1, 0.15) is 84.9 Å². The lowest BCUT2D eigenvalue weighted by Crippen LogP contribution is -2.61. The summed E-state index contributed by atoms with van der Waals surface area (Å²) < 4.78 is 66.5. The van der Waals surface area contributed by atoms with Crippen LogP contribution in [0.15, 0.2) is 66.2 Å². The summed E-state index contributed by atoms with van der Waals surface area (Å²) in [6.45, 7) is 14.5. The van der Waals surface area contributed by atoms with Crippen molar-refractivity contribution in [2.45, 2.75) is 109 Å². The number of benzene rings is 2. The van der Waals surface area contributed by atoms with Gasteiger partial charge in [0.2, 0.25) is 21.8 Å². The maximum absolute atomic E-state index is 14.2. The van der Waals surface area contributed by atoms with E-state index in [2.05, 4.69) is 15.4 Å². The molecule has 0 heterocycles. The Balaban J connectivity index is 1.74. The number of nitrogens with zero attached hydrogens (tertiary/aromatic N) is 1. The molecule has 15 heteroatoms. The van der Waals surface area contributed by atoms with Crippen molar-refractivity contribution in [3.63, 3.8) is 0 Å². The molecule has 1 aliphatic rings. The molecule has 2 aromatic carbocycles. The fourth-order valence-corrected chi connectivity index (χ4v) is 7.61. The predicted molar refractivity (Wildman–Crippen MR) is 201 cm³/mol. The van der Waals surface area contributed by atoms with Gasteiger partial charge in [0, 0.05) is 18.0 Å². The molecule has 11 nitrogen and oxygen atoms in total. The minimum atomic E-state index is -5.03. The maximum atomic E-state index is 14.2. The normalized spacial score (nSPS) is 16.5. The van der Waals surface area contributed by atoms with Crippen LogP contribution in [0.4, 0.5) is 13.2 Å². The summed E-state index contributed by atoms with van der Waals surface area (Å²) in [6.07, 6.45) is -2.90. The van der Waals surface area contributed by atoms with Crippen LogP contribution in [0.5, 0.6) is 0 Å². The minimum Gasteiger partial charge on any atom is -0.342 e. The maximum Gasteiger partial charge on any atom is 0.471 e. The second kappa shape index (κ2) is 16.6. The Morgan fingerprint density at radius 3 is 1.93 bits per heavy atom. The minimum absolute atomic E-state index is 0.0413. The van der Waals surface area contributed by atoms with Gasteiger partial charge >= 0.3 is 12.1 Å². The molecule has 4 N–H and O–H groups in total. The molecular formula is C39H54F3N5O6S. The molecule has 4 amide bonds. The summed E-state index contributed by atoms with van der Waals surface area (Å²) >= 11 is 0. The highest BCUT2D eigenvalue weighted by molar-refractivity contribution is 7.89. The lowest BCUT2D eigenvalue weighted by atomic mass is 9.76. The molecule has 0 aliphatic heterocycles. The van der Waals surface area contributed by atoms with Gasteiger partial charge < -0.3 is 20.9 Å². The number of nitrogens with one attached hydrogen (secondary N) is 4. The van der Waals surface area contributed by atoms with Gasteiger partial charge in [0.15, 0.2) is 0 Å². The molecule has 3 rings (SSSR count). The molecule has 0 saturated heterocycles. The quantitative estimate of drug-likeness (QED) is 0.189. The van der Waals surface area contributed by atoms with Gasteiger partial charge in [-0.2, -0.15) is 13.2 Å². The number of amides is 4. The summed E-state index contributed by atoms with van der Waals surface area (Å²) in [5.74, 6) is -4.51. The summed E-state index contributed by atoms with van der Waals surface area (Å²) in [7, 11) is -0.962. The molecule has 1 aliphatic carbocycles. The zero-order valence-corrected chi connectivity index (χ0v) is 33.5. The van der Waals surface area contributed by atoms with Gasteiger partial charge in [-0.05, 0) is 54.8 Å². The third kappa shape index (κ3) is 10.9. The second-order valence-corrected chi connectivity index (χ2v) is 17.8. The van der Waals surface area contributed by atoms with Crippen molar-refractivity contribution in [1.29, 1.82) is 0 Å². The molecule has 0 aromatic heterocycles. The SMILES string of the molecule is CN[C@H](C(=O)N[C@H](C(=O)N(C)[C@H](C=C(C)C(=O)NS(=O)(=O)Cc1ccc(C2(NC(=O)C(F)(F)F)CC2)cc1)C(C)C)C(C)(C)C)C(C)(C)c1ccccc1. The average Bonchev–Trinajstić information content (AvgIpc) is 3.85. The zero-order valence-electron chi connectivity index (χ0n) is 32.6. The summed E-state index contributed by atoms with van der Waals surface area (Å²) in [6, 6.07) is 13.0. The number of carbonyl (C=O) groups is 4. The highest BCUT2D eigenvalue weighted by Gasteiger charge is 2.51. The lowest BCUT2D eigenvalue weighted by molar-refractivity contribution is -0.174. The van der Waals surface area contributed by atoms with Crippen LogP contribution >= 0.6 is 0 Å². The highest BCUT2D eigenvalue weighted by Crippen LogP contribution is 2.46. The number of rotatable bonds is 15. The van der Waals surface area contributed by atoms with E-state index in [1.807, 2.05) is 84.1 Å². The van der Waals surface area contributed by atoms with Gasteiger partial charge in [0.05, 0.1) is 23.4 Å². The number of hydrogen-bond donors (Lipinski definition) is 4. The van der Waals surface area contributed by atoms with Gasteiger partial charge in [0.25, 0.3) is 5.91 Å². The summed E-state index contributed by atoms with van der Waals surface area (Å²) in [4.78, 5) is 54.1. The van der Waals surface area contributed by atoms with Gasteiger partial charge in [-0.3, -0.25) is 19.2 Å². The van der Waals surface area contributed by atoms with Crippen LogP contribution in [0.3, 0.4) is 0 Å². The van der Waals surface area contributed by atoms with Crippen LogP contribution < -0.4 is 20.7 Å². The van der Waals surface area contributed by atoms with Crippen LogP contribution in [0.2, 0.25) is 0 Å². The van der Waals surface area contributed by atoms with Gasteiger partial charge in [-0.1, -0.05) is 109 Å². The number of alkyl halides is 3.